The molecule has 1 saturated heterocycles. The van der Waals surface area contributed by atoms with Gasteiger partial charge in [0, 0.05) is 19.0 Å². The Hall–Kier alpha value is -3.33. The average Bonchev–Trinajstić information content (AvgIpc) is 3.10. The normalized spacial score (nSPS) is 18.6. The smallest absolute Gasteiger partial charge is 0.415 e. The molecule has 2 aromatic carbocycles. The molecule has 1 aliphatic heterocycles. The molecule has 0 bridgehead atoms. The van der Waals surface area contributed by atoms with Crippen LogP contribution in [0.2, 0.25) is 0 Å². The quantitative estimate of drug-likeness (QED) is 0.736. The van der Waals surface area contributed by atoms with Crippen LogP contribution in [-0.4, -0.2) is 37.0 Å². The Kier molecular flexibility index (Phi) is 6.06. The van der Waals surface area contributed by atoms with E-state index >= 15 is 0 Å². The van der Waals surface area contributed by atoms with Crippen LogP contribution in [0.25, 0.3) is 0 Å². The number of amides is 1. The molecule has 3 rings (SSSR count). The molecule has 6 heteroatoms. The molecule has 2 aromatic rings. The average molecular weight is 364 g/mol. The van der Waals surface area contributed by atoms with E-state index in [1.807, 2.05) is 30.3 Å². The van der Waals surface area contributed by atoms with E-state index in [2.05, 4.69) is 0 Å². The fourth-order valence-corrected chi connectivity index (χ4v) is 3.25. The van der Waals surface area contributed by atoms with Crippen molar-refractivity contribution in [3.63, 3.8) is 0 Å². The number of benzene rings is 2. The zero-order valence-corrected chi connectivity index (χ0v) is 14.8. The second-order valence-electron chi connectivity index (χ2n) is 6.44. The number of rotatable bonds is 6. The van der Waals surface area contributed by atoms with Gasteiger partial charge < -0.3 is 19.2 Å². The van der Waals surface area contributed by atoms with Gasteiger partial charge in [0.1, 0.15) is 23.9 Å². The molecule has 1 amide bonds. The SMILES string of the molecule is N#CCOc1cccc(CC2CN(C(=O)Oc3ccccc3)C[C@@H]2C=O)c1. The van der Waals surface area contributed by atoms with Crippen molar-refractivity contribution in [1.82, 2.24) is 4.90 Å². The van der Waals surface area contributed by atoms with E-state index in [1.54, 1.807) is 35.2 Å². The minimum Gasteiger partial charge on any atom is -0.479 e. The zero-order chi connectivity index (χ0) is 19.1. The molecule has 0 radical (unpaired) electrons. The van der Waals surface area contributed by atoms with Crippen LogP contribution in [0.3, 0.4) is 0 Å². The van der Waals surface area contributed by atoms with Crippen molar-refractivity contribution in [2.24, 2.45) is 11.8 Å². The van der Waals surface area contributed by atoms with Crippen LogP contribution < -0.4 is 9.47 Å². The molecule has 1 unspecified atom stereocenters. The fraction of sp³-hybridized carbons (Fsp3) is 0.286. The van der Waals surface area contributed by atoms with Crippen molar-refractivity contribution in [3.8, 4) is 17.6 Å². The number of nitrogens with zero attached hydrogens (tertiary/aromatic N) is 2. The summed E-state index contributed by atoms with van der Waals surface area (Å²) in [6.45, 7) is 0.797. The summed E-state index contributed by atoms with van der Waals surface area (Å²) in [6, 6.07) is 18.3. The summed E-state index contributed by atoms with van der Waals surface area (Å²) in [5.74, 6) is 0.875. The van der Waals surface area contributed by atoms with Crippen LogP contribution in [0, 0.1) is 23.2 Å². The summed E-state index contributed by atoms with van der Waals surface area (Å²) in [6.07, 6.45) is 1.11. The maximum atomic E-state index is 12.4. The van der Waals surface area contributed by atoms with Crippen LogP contribution in [0.5, 0.6) is 11.5 Å². The van der Waals surface area contributed by atoms with Gasteiger partial charge in [0.2, 0.25) is 0 Å². The van der Waals surface area contributed by atoms with Crippen molar-refractivity contribution in [3.05, 3.63) is 60.2 Å². The number of aldehydes is 1. The number of hydrogen-bond donors (Lipinski definition) is 0. The van der Waals surface area contributed by atoms with Gasteiger partial charge in [-0.3, -0.25) is 0 Å². The predicted molar refractivity (Wildman–Crippen MR) is 98.3 cm³/mol. The van der Waals surface area contributed by atoms with Gasteiger partial charge in [-0.05, 0) is 42.2 Å². The summed E-state index contributed by atoms with van der Waals surface area (Å²) < 4.78 is 10.7. The molecule has 1 fully saturated rings. The summed E-state index contributed by atoms with van der Waals surface area (Å²) in [5, 5.41) is 8.62. The molecule has 0 saturated carbocycles. The van der Waals surface area contributed by atoms with E-state index in [0.29, 0.717) is 31.0 Å². The summed E-state index contributed by atoms with van der Waals surface area (Å²) in [4.78, 5) is 25.5. The Morgan fingerprint density at radius 1 is 1.15 bits per heavy atom. The molecule has 1 heterocycles. The van der Waals surface area contributed by atoms with Gasteiger partial charge >= 0.3 is 6.09 Å². The maximum absolute atomic E-state index is 12.4. The molecule has 1 aliphatic rings. The first-order valence-corrected chi connectivity index (χ1v) is 8.75. The zero-order valence-electron chi connectivity index (χ0n) is 14.8. The Bertz CT molecular complexity index is 832. The first kappa shape index (κ1) is 18.5. The van der Waals surface area contributed by atoms with E-state index in [9.17, 15) is 9.59 Å². The molecular weight excluding hydrogens is 344 g/mol. The Labute approximate surface area is 157 Å². The minimum absolute atomic E-state index is 0.0110. The number of hydrogen-bond acceptors (Lipinski definition) is 5. The van der Waals surface area contributed by atoms with Gasteiger partial charge in [-0.2, -0.15) is 5.26 Å². The van der Waals surface area contributed by atoms with Crippen molar-refractivity contribution < 1.29 is 19.1 Å². The van der Waals surface area contributed by atoms with Crippen molar-refractivity contribution in [2.75, 3.05) is 19.7 Å². The topological polar surface area (TPSA) is 79.6 Å². The molecule has 27 heavy (non-hydrogen) atoms. The Balaban J connectivity index is 1.63. The van der Waals surface area contributed by atoms with Crippen molar-refractivity contribution in [2.45, 2.75) is 6.42 Å². The number of likely N-dealkylation sites (tertiary alicyclic amines) is 1. The molecule has 0 aromatic heterocycles. The monoisotopic (exact) mass is 364 g/mol. The van der Waals surface area contributed by atoms with E-state index in [4.69, 9.17) is 14.7 Å². The summed E-state index contributed by atoms with van der Waals surface area (Å²) >= 11 is 0. The molecule has 6 nitrogen and oxygen atoms in total. The standard InChI is InChI=1S/C21H20N2O4/c22-9-10-26-20-8-4-5-16(12-20)11-17-13-23(14-18(17)15-24)21(25)27-19-6-2-1-3-7-19/h1-8,12,15,17-18H,10-11,13-14H2/t17?,18-/m1/s1. The van der Waals surface area contributed by atoms with E-state index in [0.717, 1.165) is 11.8 Å². The molecule has 138 valence electrons. The number of ether oxygens (including phenoxy) is 2. The van der Waals surface area contributed by atoms with Gasteiger partial charge in [0.05, 0.1) is 0 Å². The fourth-order valence-electron chi connectivity index (χ4n) is 3.25. The third-order valence-corrected chi connectivity index (χ3v) is 4.57. The Morgan fingerprint density at radius 2 is 1.93 bits per heavy atom. The lowest BCUT2D eigenvalue weighted by Gasteiger charge is -2.16. The number of nitriles is 1. The lowest BCUT2D eigenvalue weighted by molar-refractivity contribution is -0.111. The highest BCUT2D eigenvalue weighted by atomic mass is 16.6. The van der Waals surface area contributed by atoms with Crippen LogP contribution >= 0.6 is 0 Å². The third kappa shape index (κ3) is 4.85. The van der Waals surface area contributed by atoms with Crippen LogP contribution in [-0.2, 0) is 11.2 Å². The molecule has 2 atom stereocenters. The number of para-hydroxylation sites is 1. The highest BCUT2D eigenvalue weighted by Gasteiger charge is 2.36. The minimum atomic E-state index is -0.443. The van der Waals surface area contributed by atoms with E-state index in [1.165, 1.54) is 0 Å². The van der Waals surface area contributed by atoms with Gasteiger partial charge in [0.15, 0.2) is 6.61 Å². The van der Waals surface area contributed by atoms with Gasteiger partial charge in [-0.15, -0.1) is 0 Å². The lowest BCUT2D eigenvalue weighted by Crippen LogP contribution is -2.32. The van der Waals surface area contributed by atoms with Crippen LogP contribution in [0.4, 0.5) is 4.79 Å². The first-order valence-electron chi connectivity index (χ1n) is 8.75. The number of carbonyl (C=O) groups excluding carboxylic acids is 2. The Morgan fingerprint density at radius 3 is 2.67 bits per heavy atom. The second-order valence-corrected chi connectivity index (χ2v) is 6.44. The third-order valence-electron chi connectivity index (χ3n) is 4.57. The van der Waals surface area contributed by atoms with E-state index in [-0.39, 0.29) is 18.4 Å². The largest absolute Gasteiger partial charge is 0.479 e. The first-order chi connectivity index (χ1) is 13.2. The molecule has 0 spiro atoms. The van der Waals surface area contributed by atoms with E-state index < -0.39 is 6.09 Å². The summed E-state index contributed by atoms with van der Waals surface area (Å²) in [7, 11) is 0. The lowest BCUT2D eigenvalue weighted by atomic mass is 9.91. The molecule has 0 N–H and O–H groups in total. The molecule has 0 aliphatic carbocycles. The number of carbonyl (C=O) groups is 2. The molecular formula is C21H20N2O4. The second kappa shape index (κ2) is 8.86. The van der Waals surface area contributed by atoms with Crippen molar-refractivity contribution in [1.29, 1.82) is 5.26 Å². The highest BCUT2D eigenvalue weighted by molar-refractivity contribution is 5.72. The summed E-state index contributed by atoms with van der Waals surface area (Å²) in [5.41, 5.74) is 1.00. The van der Waals surface area contributed by atoms with Crippen LogP contribution in [0.1, 0.15) is 5.56 Å². The van der Waals surface area contributed by atoms with Gasteiger partial charge in [0.25, 0.3) is 0 Å². The van der Waals surface area contributed by atoms with Gasteiger partial charge in [-0.25, -0.2) is 4.79 Å². The highest BCUT2D eigenvalue weighted by Crippen LogP contribution is 2.27. The van der Waals surface area contributed by atoms with Crippen molar-refractivity contribution >= 4 is 12.4 Å². The van der Waals surface area contributed by atoms with Crippen LogP contribution in [0.15, 0.2) is 54.6 Å². The maximum Gasteiger partial charge on any atom is 0.415 e. The van der Waals surface area contributed by atoms with Gasteiger partial charge in [-0.1, -0.05) is 30.3 Å². The predicted octanol–water partition coefficient (Wildman–Crippen LogP) is 3.08.